The molecule has 0 aromatic heterocycles. The Morgan fingerprint density at radius 1 is 1.50 bits per heavy atom. The number of halogens is 1. The van der Waals surface area contributed by atoms with E-state index in [-0.39, 0.29) is 0 Å². The topological polar surface area (TPSA) is 32.7 Å². The molecule has 0 amide bonds. The summed E-state index contributed by atoms with van der Waals surface area (Å²) in [7, 11) is 0. The monoisotopic (exact) mass is 313 g/mol. The molecule has 1 fully saturated rings. The van der Waals surface area contributed by atoms with Gasteiger partial charge in [0, 0.05) is 24.2 Å². The second kappa shape index (κ2) is 6.55. The summed E-state index contributed by atoms with van der Waals surface area (Å²) < 4.78 is 6.72. The molecule has 1 unspecified atom stereocenters. The molecule has 4 heteroatoms. The van der Waals surface area contributed by atoms with Crippen molar-refractivity contribution in [3.63, 3.8) is 0 Å². The Morgan fingerprint density at radius 2 is 2.33 bits per heavy atom. The van der Waals surface area contributed by atoms with Crippen LogP contribution in [0.4, 0.5) is 0 Å². The number of nitrogens with zero attached hydrogens (tertiary/aromatic N) is 1. The van der Waals surface area contributed by atoms with E-state index >= 15 is 0 Å². The van der Waals surface area contributed by atoms with Gasteiger partial charge in [0.05, 0.1) is 6.10 Å². The van der Waals surface area contributed by atoms with Gasteiger partial charge in [-0.25, -0.2) is 0 Å². The maximum atomic E-state index is 9.54. The summed E-state index contributed by atoms with van der Waals surface area (Å²) in [4.78, 5) is 2.36. The molecule has 1 atom stereocenters. The third-order valence-electron chi connectivity index (χ3n) is 3.36. The number of ether oxygens (including phenoxy) is 1. The van der Waals surface area contributed by atoms with Gasteiger partial charge in [0.15, 0.2) is 0 Å². The number of aromatic hydroxyl groups is 1. The van der Waals surface area contributed by atoms with Gasteiger partial charge in [0.25, 0.3) is 0 Å². The van der Waals surface area contributed by atoms with Crippen LogP contribution in [0.2, 0.25) is 0 Å². The van der Waals surface area contributed by atoms with E-state index in [9.17, 15) is 5.11 Å². The number of phenols is 1. The molecule has 1 heterocycles. The molecule has 1 aliphatic rings. The fourth-order valence-corrected chi connectivity index (χ4v) is 2.68. The van der Waals surface area contributed by atoms with E-state index in [1.807, 2.05) is 12.1 Å². The van der Waals surface area contributed by atoms with E-state index in [0.29, 0.717) is 11.9 Å². The number of phenolic OH excluding ortho intramolecular Hbond substituents is 1. The fourth-order valence-electron chi connectivity index (χ4n) is 2.30. The Kier molecular flexibility index (Phi) is 5.03. The molecule has 0 aliphatic carbocycles. The molecule has 1 aromatic rings. The van der Waals surface area contributed by atoms with Crippen molar-refractivity contribution in [2.75, 3.05) is 19.7 Å². The quantitative estimate of drug-likeness (QED) is 0.906. The summed E-state index contributed by atoms with van der Waals surface area (Å²) in [5.41, 5.74) is 1.12. The summed E-state index contributed by atoms with van der Waals surface area (Å²) in [5, 5.41) is 9.54. The molecular formula is C14H20BrNO2. The largest absolute Gasteiger partial charge is 0.508 e. The first-order valence-corrected chi connectivity index (χ1v) is 7.29. The lowest BCUT2D eigenvalue weighted by Gasteiger charge is -2.24. The zero-order valence-electron chi connectivity index (χ0n) is 10.7. The highest BCUT2D eigenvalue weighted by Crippen LogP contribution is 2.23. The minimum Gasteiger partial charge on any atom is -0.508 e. The number of hydrogen-bond acceptors (Lipinski definition) is 3. The molecule has 1 saturated heterocycles. The summed E-state index contributed by atoms with van der Waals surface area (Å²) in [6, 6.07) is 5.41. The molecule has 0 bridgehead atoms. The summed E-state index contributed by atoms with van der Waals surface area (Å²) in [6.45, 7) is 5.86. The third kappa shape index (κ3) is 3.70. The Hall–Kier alpha value is -0.580. The van der Waals surface area contributed by atoms with Gasteiger partial charge < -0.3 is 9.84 Å². The number of rotatable bonds is 5. The summed E-state index contributed by atoms with van der Waals surface area (Å²) in [5.74, 6) is 0.321. The molecule has 0 spiro atoms. The fraction of sp³-hybridized carbons (Fsp3) is 0.571. The smallest absolute Gasteiger partial charge is 0.115 e. The van der Waals surface area contributed by atoms with Crippen molar-refractivity contribution in [2.24, 2.45) is 0 Å². The third-order valence-corrected chi connectivity index (χ3v) is 4.13. The van der Waals surface area contributed by atoms with Crippen molar-refractivity contribution in [1.29, 1.82) is 0 Å². The average Bonchev–Trinajstić information content (AvgIpc) is 2.85. The maximum absolute atomic E-state index is 9.54. The molecule has 0 radical (unpaired) electrons. The summed E-state index contributed by atoms with van der Waals surface area (Å²) in [6.07, 6.45) is 2.72. The van der Waals surface area contributed by atoms with Crippen LogP contribution in [0.1, 0.15) is 25.3 Å². The van der Waals surface area contributed by atoms with Gasteiger partial charge in [-0.2, -0.15) is 0 Å². The van der Waals surface area contributed by atoms with Crippen LogP contribution in [-0.2, 0) is 11.3 Å². The van der Waals surface area contributed by atoms with Crippen LogP contribution in [0, 0.1) is 0 Å². The van der Waals surface area contributed by atoms with E-state index in [1.54, 1.807) is 6.07 Å². The van der Waals surface area contributed by atoms with Gasteiger partial charge in [0.2, 0.25) is 0 Å². The first kappa shape index (κ1) is 13.8. The number of hydrogen-bond donors (Lipinski definition) is 1. The van der Waals surface area contributed by atoms with Gasteiger partial charge >= 0.3 is 0 Å². The number of benzene rings is 1. The Bertz CT molecular complexity index is 391. The van der Waals surface area contributed by atoms with Crippen molar-refractivity contribution < 1.29 is 9.84 Å². The molecule has 3 nitrogen and oxygen atoms in total. The van der Waals surface area contributed by atoms with Gasteiger partial charge in [-0.15, -0.1) is 0 Å². The van der Waals surface area contributed by atoms with Crippen molar-refractivity contribution in [2.45, 2.75) is 32.4 Å². The van der Waals surface area contributed by atoms with E-state index in [1.165, 1.54) is 6.42 Å². The molecule has 1 aliphatic heterocycles. The molecule has 2 rings (SSSR count). The second-order valence-electron chi connectivity index (χ2n) is 4.74. The molecular weight excluding hydrogens is 294 g/mol. The highest BCUT2D eigenvalue weighted by atomic mass is 79.9. The molecule has 18 heavy (non-hydrogen) atoms. The van der Waals surface area contributed by atoms with E-state index in [2.05, 4.69) is 27.8 Å². The van der Waals surface area contributed by atoms with E-state index in [4.69, 9.17) is 4.74 Å². The van der Waals surface area contributed by atoms with Gasteiger partial charge in [-0.05, 0) is 43.1 Å². The number of likely N-dealkylation sites (N-methyl/N-ethyl adjacent to an activating group) is 1. The van der Waals surface area contributed by atoms with Crippen molar-refractivity contribution in [3.8, 4) is 5.75 Å². The van der Waals surface area contributed by atoms with Gasteiger partial charge in [0.1, 0.15) is 5.75 Å². The second-order valence-corrected chi connectivity index (χ2v) is 5.59. The minimum absolute atomic E-state index is 0.321. The van der Waals surface area contributed by atoms with E-state index < -0.39 is 0 Å². The van der Waals surface area contributed by atoms with Gasteiger partial charge in [-0.1, -0.05) is 22.9 Å². The zero-order valence-corrected chi connectivity index (χ0v) is 12.3. The Balaban J connectivity index is 1.98. The highest BCUT2D eigenvalue weighted by molar-refractivity contribution is 9.10. The lowest BCUT2D eigenvalue weighted by molar-refractivity contribution is 0.0724. The van der Waals surface area contributed by atoms with E-state index in [0.717, 1.165) is 42.7 Å². The predicted molar refractivity (Wildman–Crippen MR) is 75.7 cm³/mol. The molecule has 0 saturated carbocycles. The normalized spacial score (nSPS) is 19.6. The van der Waals surface area contributed by atoms with Gasteiger partial charge in [-0.3, -0.25) is 4.90 Å². The van der Waals surface area contributed by atoms with Crippen LogP contribution in [0.5, 0.6) is 5.75 Å². The van der Waals surface area contributed by atoms with Crippen LogP contribution in [0.15, 0.2) is 22.7 Å². The first-order chi connectivity index (χ1) is 8.69. The van der Waals surface area contributed by atoms with Crippen LogP contribution >= 0.6 is 15.9 Å². The first-order valence-electron chi connectivity index (χ1n) is 6.50. The average molecular weight is 314 g/mol. The van der Waals surface area contributed by atoms with Crippen LogP contribution < -0.4 is 0 Å². The Labute approximate surface area is 117 Å². The highest BCUT2D eigenvalue weighted by Gasteiger charge is 2.19. The van der Waals surface area contributed by atoms with Crippen LogP contribution in [0.3, 0.4) is 0 Å². The molecule has 1 N–H and O–H groups in total. The van der Waals surface area contributed by atoms with Crippen molar-refractivity contribution >= 4 is 15.9 Å². The Morgan fingerprint density at radius 3 is 3.00 bits per heavy atom. The maximum Gasteiger partial charge on any atom is 0.115 e. The zero-order chi connectivity index (χ0) is 13.0. The van der Waals surface area contributed by atoms with Crippen LogP contribution in [-0.4, -0.2) is 35.8 Å². The van der Waals surface area contributed by atoms with Crippen molar-refractivity contribution in [3.05, 3.63) is 28.2 Å². The lowest BCUT2D eigenvalue weighted by Crippen LogP contribution is -2.31. The minimum atomic E-state index is 0.321. The lowest BCUT2D eigenvalue weighted by atomic mass is 10.1. The van der Waals surface area contributed by atoms with Crippen molar-refractivity contribution in [1.82, 2.24) is 4.90 Å². The van der Waals surface area contributed by atoms with Crippen LogP contribution in [0.25, 0.3) is 0 Å². The molecule has 100 valence electrons. The molecule has 1 aromatic carbocycles. The predicted octanol–water partition coefficient (Wildman–Crippen LogP) is 3.16. The standard InChI is InChI=1S/C14H20BrNO2/c1-2-16(10-13-4-3-7-18-13)9-11-8-12(17)5-6-14(11)15/h5-6,8,13,17H,2-4,7,9-10H2,1H3. The summed E-state index contributed by atoms with van der Waals surface area (Å²) >= 11 is 3.53. The SMILES string of the molecule is CCN(Cc1cc(O)ccc1Br)CC1CCCO1.